The first-order valence-electron chi connectivity index (χ1n) is 30.6. The maximum atomic E-state index is 12.8. The monoisotopic (exact) mass is 1060 g/mol. The molecule has 6 heteroatoms. The van der Waals surface area contributed by atoms with Gasteiger partial charge in [-0.2, -0.15) is 0 Å². The molecule has 1 atom stereocenters. The first-order valence-corrected chi connectivity index (χ1v) is 30.6. The third-order valence-electron chi connectivity index (χ3n) is 12.2. The Morgan fingerprint density at radius 3 is 0.818 bits per heavy atom. The molecular formula is C71H110O6. The van der Waals surface area contributed by atoms with Gasteiger partial charge in [-0.05, 0) is 135 Å². The van der Waals surface area contributed by atoms with Crippen LogP contribution >= 0.6 is 0 Å². The highest BCUT2D eigenvalue weighted by molar-refractivity contribution is 5.71. The molecule has 0 aromatic rings. The first kappa shape index (κ1) is 71.8. The predicted octanol–water partition coefficient (Wildman–Crippen LogP) is 21.1. The number of allylic oxidation sites excluding steroid dienone is 28. The summed E-state index contributed by atoms with van der Waals surface area (Å²) in [6, 6.07) is 0. The van der Waals surface area contributed by atoms with Gasteiger partial charge in [-0.3, -0.25) is 14.4 Å². The third kappa shape index (κ3) is 61.5. The van der Waals surface area contributed by atoms with Crippen LogP contribution in [0.2, 0.25) is 0 Å². The molecule has 0 spiro atoms. The summed E-state index contributed by atoms with van der Waals surface area (Å²) in [6.45, 7) is 6.30. The maximum absolute atomic E-state index is 12.8. The Hall–Kier alpha value is -5.23. The van der Waals surface area contributed by atoms with Crippen LogP contribution in [-0.2, 0) is 28.6 Å². The molecule has 6 nitrogen and oxygen atoms in total. The van der Waals surface area contributed by atoms with Crippen molar-refractivity contribution >= 4 is 17.9 Å². The van der Waals surface area contributed by atoms with E-state index in [0.717, 1.165) is 154 Å². The van der Waals surface area contributed by atoms with E-state index in [4.69, 9.17) is 14.2 Å². The summed E-state index contributed by atoms with van der Waals surface area (Å²) in [5.41, 5.74) is 0. The van der Waals surface area contributed by atoms with Crippen molar-refractivity contribution in [2.45, 2.75) is 245 Å². The van der Waals surface area contributed by atoms with Crippen LogP contribution in [0.1, 0.15) is 239 Å². The number of carbonyl (C=O) groups excluding carboxylic acids is 3. The second-order valence-electron chi connectivity index (χ2n) is 19.5. The number of rotatable bonds is 53. The Labute approximate surface area is 472 Å². The average Bonchev–Trinajstić information content (AvgIpc) is 3.43. The molecule has 0 bridgehead atoms. The van der Waals surface area contributed by atoms with Crippen LogP contribution in [0.5, 0.6) is 0 Å². The summed E-state index contributed by atoms with van der Waals surface area (Å²) in [5.74, 6) is -0.980. The van der Waals surface area contributed by atoms with E-state index in [1.807, 2.05) is 0 Å². The second-order valence-corrected chi connectivity index (χ2v) is 19.5. The Morgan fingerprint density at radius 2 is 0.506 bits per heavy atom. The molecule has 0 rings (SSSR count). The Bertz CT molecular complexity index is 1790. The van der Waals surface area contributed by atoms with Crippen molar-refractivity contribution in [2.24, 2.45) is 0 Å². The van der Waals surface area contributed by atoms with Crippen LogP contribution in [0, 0.1) is 0 Å². The smallest absolute Gasteiger partial charge is 0.306 e. The van der Waals surface area contributed by atoms with Gasteiger partial charge in [0.1, 0.15) is 13.2 Å². The normalized spacial score (nSPS) is 13.3. The van der Waals surface area contributed by atoms with Crippen molar-refractivity contribution in [3.63, 3.8) is 0 Å². The van der Waals surface area contributed by atoms with Gasteiger partial charge < -0.3 is 14.2 Å². The largest absolute Gasteiger partial charge is 0.462 e. The molecule has 0 N–H and O–H groups in total. The molecule has 0 heterocycles. The van der Waals surface area contributed by atoms with Gasteiger partial charge >= 0.3 is 17.9 Å². The molecule has 0 saturated carbocycles. The quantitative estimate of drug-likeness (QED) is 0.0261. The topological polar surface area (TPSA) is 78.9 Å². The molecule has 77 heavy (non-hydrogen) atoms. The van der Waals surface area contributed by atoms with Crippen LogP contribution in [0.25, 0.3) is 0 Å². The first-order chi connectivity index (χ1) is 38.0. The van der Waals surface area contributed by atoms with Crippen molar-refractivity contribution < 1.29 is 28.6 Å². The van der Waals surface area contributed by atoms with Gasteiger partial charge in [-0.25, -0.2) is 0 Å². The molecular weight excluding hydrogens is 949 g/mol. The highest BCUT2D eigenvalue weighted by Crippen LogP contribution is 2.13. The molecule has 0 aliphatic heterocycles. The number of esters is 3. The molecule has 0 aromatic carbocycles. The van der Waals surface area contributed by atoms with Crippen LogP contribution < -0.4 is 0 Å². The molecule has 0 radical (unpaired) electrons. The lowest BCUT2D eigenvalue weighted by atomic mass is 10.1. The second kappa shape index (κ2) is 63.3. The zero-order valence-electron chi connectivity index (χ0n) is 49.1. The van der Waals surface area contributed by atoms with Crippen molar-refractivity contribution in [2.75, 3.05) is 13.2 Å². The number of hydrogen-bond donors (Lipinski definition) is 0. The molecule has 0 aromatic heterocycles. The highest BCUT2D eigenvalue weighted by Gasteiger charge is 2.19. The van der Waals surface area contributed by atoms with Gasteiger partial charge in [0.25, 0.3) is 0 Å². The Morgan fingerprint density at radius 1 is 0.273 bits per heavy atom. The number of ether oxygens (including phenoxy) is 3. The van der Waals surface area contributed by atoms with Gasteiger partial charge in [-0.1, -0.05) is 255 Å². The SMILES string of the molecule is CC/C=C\C/C=C\C/C=C\C/C=C\C/C=C\C/C=C\C/C=C\C/C=C\C/C=C\C/C=C\CCCCC(=O)OCC(COC(=O)CCCCCCCCC)OC(=O)CCCCCCCC/C=C\C/C=C\C/C=C\C/C=C\CC. The van der Waals surface area contributed by atoms with Crippen LogP contribution in [0.4, 0.5) is 0 Å². The summed E-state index contributed by atoms with van der Waals surface area (Å²) in [7, 11) is 0. The summed E-state index contributed by atoms with van der Waals surface area (Å²) >= 11 is 0. The molecule has 430 valence electrons. The minimum Gasteiger partial charge on any atom is -0.462 e. The third-order valence-corrected chi connectivity index (χ3v) is 12.2. The van der Waals surface area contributed by atoms with E-state index >= 15 is 0 Å². The van der Waals surface area contributed by atoms with Crippen LogP contribution in [0.15, 0.2) is 170 Å². The summed E-state index contributed by atoms with van der Waals surface area (Å²) in [4.78, 5) is 38.0. The zero-order chi connectivity index (χ0) is 55.7. The molecule has 0 fully saturated rings. The van der Waals surface area contributed by atoms with E-state index in [1.54, 1.807) is 0 Å². The van der Waals surface area contributed by atoms with Crippen LogP contribution in [-0.4, -0.2) is 37.2 Å². The number of carbonyl (C=O) groups is 3. The van der Waals surface area contributed by atoms with E-state index in [2.05, 4.69) is 191 Å². The zero-order valence-corrected chi connectivity index (χ0v) is 49.1. The maximum Gasteiger partial charge on any atom is 0.306 e. The van der Waals surface area contributed by atoms with E-state index in [1.165, 1.54) is 38.5 Å². The molecule has 1 unspecified atom stereocenters. The summed E-state index contributed by atoms with van der Waals surface area (Å²) in [6.07, 6.45) is 93.8. The van der Waals surface area contributed by atoms with Crippen molar-refractivity contribution in [3.05, 3.63) is 170 Å². The van der Waals surface area contributed by atoms with E-state index in [9.17, 15) is 14.4 Å². The predicted molar refractivity (Wildman–Crippen MR) is 334 cm³/mol. The van der Waals surface area contributed by atoms with E-state index in [0.29, 0.717) is 25.7 Å². The Balaban J connectivity index is 4.30. The fourth-order valence-electron chi connectivity index (χ4n) is 7.69. The van der Waals surface area contributed by atoms with Crippen molar-refractivity contribution in [3.8, 4) is 0 Å². The number of unbranched alkanes of at least 4 members (excludes halogenated alkanes) is 14. The summed E-state index contributed by atoms with van der Waals surface area (Å²) in [5, 5.41) is 0. The van der Waals surface area contributed by atoms with Gasteiger partial charge in [0, 0.05) is 19.3 Å². The molecule has 0 aliphatic rings. The molecule has 0 saturated heterocycles. The molecule has 0 aliphatic carbocycles. The minimum atomic E-state index is -0.810. The van der Waals surface area contributed by atoms with Gasteiger partial charge in [-0.15, -0.1) is 0 Å². The van der Waals surface area contributed by atoms with Gasteiger partial charge in [0.05, 0.1) is 0 Å². The lowest BCUT2D eigenvalue weighted by Crippen LogP contribution is -2.30. The van der Waals surface area contributed by atoms with Gasteiger partial charge in [0.2, 0.25) is 0 Å². The Kier molecular flexibility index (Phi) is 59.0. The van der Waals surface area contributed by atoms with Crippen molar-refractivity contribution in [1.29, 1.82) is 0 Å². The van der Waals surface area contributed by atoms with Crippen LogP contribution in [0.3, 0.4) is 0 Å². The van der Waals surface area contributed by atoms with E-state index in [-0.39, 0.29) is 31.1 Å². The average molecular weight is 1060 g/mol. The summed E-state index contributed by atoms with van der Waals surface area (Å²) < 4.78 is 16.7. The lowest BCUT2D eigenvalue weighted by molar-refractivity contribution is -0.167. The minimum absolute atomic E-state index is 0.104. The fourth-order valence-corrected chi connectivity index (χ4v) is 7.69. The van der Waals surface area contributed by atoms with E-state index < -0.39 is 6.10 Å². The fraction of sp³-hybridized carbons (Fsp3) is 0.563. The number of hydrogen-bond acceptors (Lipinski definition) is 6. The van der Waals surface area contributed by atoms with Crippen molar-refractivity contribution in [1.82, 2.24) is 0 Å². The van der Waals surface area contributed by atoms with Gasteiger partial charge in [0.15, 0.2) is 6.10 Å². The standard InChI is InChI=1S/C71H110O6/c1-4-7-10-13-16-18-20-22-24-26-28-29-30-31-32-33-34-35-36-37-38-39-40-41-43-44-46-48-50-52-55-58-61-64-70(73)76-67-68(66-75-69(72)63-60-57-54-15-12-9-6-3)77-71(74)65-62-59-56-53-51-49-47-45-42-27-25-23-21-19-17-14-11-8-5-2/h7-8,10-11,16-19,22-25,28-29,31-32,34-35,37-38,40-42,44-46,50,52,68H,4-6,9,12-15,20-21,26-27,30,33,36,39,43,47-49,51,53-67H2,1-3H3/b10-7-,11-8-,18-16-,19-17-,24-22-,25-23-,29-28-,32-31-,35-34-,38-37-,41-40-,45-42-,46-44-,52-50-. The molecule has 0 amide bonds. The highest BCUT2D eigenvalue weighted by atomic mass is 16.6. The lowest BCUT2D eigenvalue weighted by Gasteiger charge is -2.18.